The van der Waals surface area contributed by atoms with E-state index < -0.39 is 17.8 Å². The molecule has 12 unspecified atom stereocenters. The zero-order chi connectivity index (χ0) is 32.6. The van der Waals surface area contributed by atoms with Crippen LogP contribution >= 0.6 is 0 Å². The largest absolute Gasteiger partial charge is 0.465 e. The normalized spacial score (nSPS) is 39.7. The van der Waals surface area contributed by atoms with Crippen LogP contribution in [0.15, 0.2) is 0 Å². The van der Waals surface area contributed by atoms with Crippen LogP contribution in [0.4, 0.5) is 0 Å². The maximum absolute atomic E-state index is 12.5. The lowest BCUT2D eigenvalue weighted by atomic mass is 9.43. The van der Waals surface area contributed by atoms with Crippen LogP contribution in [0, 0.1) is 52.3 Å². The Bertz CT molecular complexity index is 1040. The fourth-order valence-electron chi connectivity index (χ4n) is 9.93. The predicted molar refractivity (Wildman–Crippen MR) is 167 cm³/mol. The van der Waals surface area contributed by atoms with Crippen molar-refractivity contribution in [2.75, 3.05) is 6.61 Å². The third-order valence-electron chi connectivity index (χ3n) is 12.6. The lowest BCUT2D eigenvalue weighted by Crippen LogP contribution is -2.62. The summed E-state index contributed by atoms with van der Waals surface area (Å²) in [6, 6.07) is 0. The Balaban J connectivity index is 1.35. The van der Waals surface area contributed by atoms with Gasteiger partial charge in [0.25, 0.3) is 0 Å². The standard InChI is InChI=1S/C36H60O8/c1-9-21(2)33(41)43-24-14-16-35(7)23(18-24)19-28(37)32-26-12-11-25(36(26,8)29(38)20-27(32)35)22(3)10-13-30(39)42-17-15-31(40)44-34(4,5)6/h21-29,32,37-38H,9-20H2,1-8H3. The Morgan fingerprint density at radius 1 is 0.932 bits per heavy atom. The Hall–Kier alpha value is -1.67. The zero-order valence-corrected chi connectivity index (χ0v) is 28.6. The minimum absolute atomic E-state index is 0.0122. The van der Waals surface area contributed by atoms with Crippen molar-refractivity contribution in [1.29, 1.82) is 0 Å². The zero-order valence-electron chi connectivity index (χ0n) is 28.6. The Morgan fingerprint density at radius 3 is 2.30 bits per heavy atom. The van der Waals surface area contributed by atoms with Crippen LogP contribution in [0.5, 0.6) is 0 Å². The molecule has 4 aliphatic rings. The molecule has 0 radical (unpaired) electrons. The van der Waals surface area contributed by atoms with E-state index in [9.17, 15) is 24.6 Å². The molecule has 4 fully saturated rings. The highest BCUT2D eigenvalue weighted by atomic mass is 16.6. The van der Waals surface area contributed by atoms with E-state index in [0.717, 1.165) is 44.9 Å². The van der Waals surface area contributed by atoms with Crippen molar-refractivity contribution < 1.29 is 38.8 Å². The number of hydrogen-bond acceptors (Lipinski definition) is 8. The first-order valence-electron chi connectivity index (χ1n) is 17.4. The van der Waals surface area contributed by atoms with E-state index in [1.807, 2.05) is 34.6 Å². The number of hydrogen-bond donors (Lipinski definition) is 2. The molecule has 4 rings (SSSR count). The molecule has 8 heteroatoms. The van der Waals surface area contributed by atoms with Crippen molar-refractivity contribution in [2.24, 2.45) is 52.3 Å². The van der Waals surface area contributed by atoms with Gasteiger partial charge in [0.1, 0.15) is 18.3 Å². The third-order valence-corrected chi connectivity index (χ3v) is 12.6. The average Bonchev–Trinajstić information content (AvgIpc) is 3.30. The lowest BCUT2D eigenvalue weighted by molar-refractivity contribution is -0.210. The molecule has 44 heavy (non-hydrogen) atoms. The van der Waals surface area contributed by atoms with Crippen molar-refractivity contribution in [1.82, 2.24) is 0 Å². The van der Waals surface area contributed by atoms with Gasteiger partial charge in [-0.15, -0.1) is 0 Å². The molecule has 8 nitrogen and oxygen atoms in total. The van der Waals surface area contributed by atoms with Crippen LogP contribution in [-0.2, 0) is 28.6 Å². The third kappa shape index (κ3) is 7.16. The van der Waals surface area contributed by atoms with E-state index in [1.54, 1.807) is 0 Å². The number of carbonyl (C=O) groups is 3. The molecule has 0 bridgehead atoms. The van der Waals surface area contributed by atoms with Gasteiger partial charge in [-0.05, 0) is 125 Å². The van der Waals surface area contributed by atoms with Crippen LogP contribution in [-0.4, -0.2) is 58.6 Å². The quantitative estimate of drug-likeness (QED) is 0.218. The summed E-state index contributed by atoms with van der Waals surface area (Å²) >= 11 is 0. The maximum atomic E-state index is 12.5. The van der Waals surface area contributed by atoms with E-state index in [1.165, 1.54) is 0 Å². The van der Waals surface area contributed by atoms with Crippen molar-refractivity contribution >= 4 is 17.9 Å². The molecule has 4 saturated carbocycles. The minimum Gasteiger partial charge on any atom is -0.465 e. The summed E-state index contributed by atoms with van der Waals surface area (Å²) in [5, 5.41) is 23.6. The number of fused-ring (bicyclic) bond motifs is 5. The molecule has 0 heterocycles. The Morgan fingerprint density at radius 2 is 1.64 bits per heavy atom. The molecule has 0 aromatic rings. The van der Waals surface area contributed by atoms with Gasteiger partial charge in [0.2, 0.25) is 0 Å². The number of ether oxygens (including phenoxy) is 3. The van der Waals surface area contributed by atoms with Crippen molar-refractivity contribution in [3.05, 3.63) is 0 Å². The summed E-state index contributed by atoms with van der Waals surface area (Å²) in [6.45, 7) is 16.1. The van der Waals surface area contributed by atoms with Crippen LogP contribution < -0.4 is 0 Å². The molecule has 0 aliphatic heterocycles. The van der Waals surface area contributed by atoms with Gasteiger partial charge in [-0.25, -0.2) is 0 Å². The Kier molecular flexibility index (Phi) is 10.9. The molecular formula is C36H60O8. The van der Waals surface area contributed by atoms with E-state index in [2.05, 4.69) is 20.8 Å². The van der Waals surface area contributed by atoms with E-state index in [4.69, 9.17) is 14.2 Å². The summed E-state index contributed by atoms with van der Waals surface area (Å²) < 4.78 is 16.5. The van der Waals surface area contributed by atoms with Gasteiger partial charge in [0, 0.05) is 6.42 Å². The van der Waals surface area contributed by atoms with E-state index in [0.29, 0.717) is 12.8 Å². The highest BCUT2D eigenvalue weighted by Gasteiger charge is 2.65. The molecule has 12 atom stereocenters. The number of aliphatic hydroxyl groups is 2. The highest BCUT2D eigenvalue weighted by Crippen LogP contribution is 2.68. The number of rotatable bonds is 10. The summed E-state index contributed by atoms with van der Waals surface area (Å²) in [5.74, 6) is 0.481. The second-order valence-corrected chi connectivity index (χ2v) is 16.3. The SMILES string of the molecule is CCC(C)C(=O)OC1CCC2(C)C(C1)CC(O)C1C2CC(O)C2(C)C(C(C)CCC(=O)OCCC(=O)OC(C)(C)C)CCC12. The maximum Gasteiger partial charge on any atom is 0.309 e. The molecule has 0 aromatic heterocycles. The van der Waals surface area contributed by atoms with Crippen molar-refractivity contribution in [2.45, 2.75) is 150 Å². The van der Waals surface area contributed by atoms with Crippen LogP contribution in [0.25, 0.3) is 0 Å². The fourth-order valence-corrected chi connectivity index (χ4v) is 9.93. The van der Waals surface area contributed by atoms with Gasteiger partial charge in [-0.3, -0.25) is 14.4 Å². The summed E-state index contributed by atoms with van der Waals surface area (Å²) in [4.78, 5) is 36.9. The molecule has 2 N–H and O–H groups in total. The van der Waals surface area contributed by atoms with Crippen molar-refractivity contribution in [3.63, 3.8) is 0 Å². The minimum atomic E-state index is -0.564. The smallest absolute Gasteiger partial charge is 0.309 e. The summed E-state index contributed by atoms with van der Waals surface area (Å²) in [5.41, 5.74) is -0.863. The summed E-state index contributed by atoms with van der Waals surface area (Å²) in [7, 11) is 0. The van der Waals surface area contributed by atoms with E-state index in [-0.39, 0.29) is 95.7 Å². The molecule has 0 amide bonds. The van der Waals surface area contributed by atoms with Gasteiger partial charge in [0.05, 0.1) is 24.5 Å². The number of aliphatic hydroxyl groups excluding tert-OH is 2. The first-order chi connectivity index (χ1) is 20.5. The highest BCUT2D eigenvalue weighted by molar-refractivity contribution is 5.72. The lowest BCUT2D eigenvalue weighted by Gasteiger charge is -2.63. The van der Waals surface area contributed by atoms with Crippen LogP contribution in [0.1, 0.15) is 126 Å². The second-order valence-electron chi connectivity index (χ2n) is 16.3. The fraction of sp³-hybridized carbons (Fsp3) is 0.917. The first-order valence-corrected chi connectivity index (χ1v) is 17.4. The molecule has 0 aromatic carbocycles. The molecule has 4 aliphatic carbocycles. The Labute approximate surface area is 265 Å². The van der Waals surface area contributed by atoms with Crippen molar-refractivity contribution in [3.8, 4) is 0 Å². The topological polar surface area (TPSA) is 119 Å². The van der Waals surface area contributed by atoms with Gasteiger partial charge in [-0.2, -0.15) is 0 Å². The van der Waals surface area contributed by atoms with Gasteiger partial charge >= 0.3 is 17.9 Å². The summed E-state index contributed by atoms with van der Waals surface area (Å²) in [6.07, 6.45) is 6.77. The molecule has 0 saturated heterocycles. The second kappa shape index (κ2) is 13.6. The van der Waals surface area contributed by atoms with Gasteiger partial charge < -0.3 is 24.4 Å². The van der Waals surface area contributed by atoms with E-state index >= 15 is 0 Å². The molecule has 0 spiro atoms. The van der Waals surface area contributed by atoms with Crippen LogP contribution in [0.3, 0.4) is 0 Å². The average molecular weight is 621 g/mol. The molecule has 252 valence electrons. The number of esters is 3. The van der Waals surface area contributed by atoms with Gasteiger partial charge in [-0.1, -0.05) is 34.6 Å². The van der Waals surface area contributed by atoms with Gasteiger partial charge in [0.15, 0.2) is 0 Å². The monoisotopic (exact) mass is 620 g/mol. The first kappa shape index (κ1) is 35.2. The van der Waals surface area contributed by atoms with Crippen LogP contribution in [0.2, 0.25) is 0 Å². The molecular weight excluding hydrogens is 560 g/mol. The number of carbonyl (C=O) groups excluding carboxylic acids is 3. The predicted octanol–water partition coefficient (Wildman–Crippen LogP) is 6.24.